The predicted octanol–water partition coefficient (Wildman–Crippen LogP) is 3.97. The fraction of sp³-hybridized carbons (Fsp3) is 0.696. The average Bonchev–Trinajstić information content (AvgIpc) is 3.05. The van der Waals surface area contributed by atoms with Crippen molar-refractivity contribution in [3.05, 3.63) is 17.7 Å². The number of hydrogen-bond donors (Lipinski definition) is 0. The Kier molecular flexibility index (Phi) is 8.04. The van der Waals surface area contributed by atoms with Crippen LogP contribution in [0.1, 0.15) is 61.7 Å². The van der Waals surface area contributed by atoms with Crippen LogP contribution in [-0.2, 0) is 0 Å². The van der Waals surface area contributed by atoms with E-state index in [1.807, 2.05) is 0 Å². The van der Waals surface area contributed by atoms with Gasteiger partial charge in [0.25, 0.3) is 5.91 Å². The maximum atomic E-state index is 13.4. The van der Waals surface area contributed by atoms with Crippen molar-refractivity contribution < 1.29 is 19.0 Å². The number of carbonyl (C=O) groups excluding carboxylic acids is 1. The first-order valence-corrected chi connectivity index (χ1v) is 11.0. The smallest absolute Gasteiger partial charge is 0.254 e. The van der Waals surface area contributed by atoms with Crippen molar-refractivity contribution in [3.8, 4) is 17.2 Å². The van der Waals surface area contributed by atoms with Crippen molar-refractivity contribution >= 4 is 5.91 Å². The number of likely N-dealkylation sites (tertiary alicyclic amines) is 2. The van der Waals surface area contributed by atoms with E-state index < -0.39 is 0 Å². The van der Waals surface area contributed by atoms with E-state index in [2.05, 4.69) is 9.80 Å². The highest BCUT2D eigenvalue weighted by atomic mass is 16.5. The highest BCUT2D eigenvalue weighted by Crippen LogP contribution is 2.39. The second-order valence-electron chi connectivity index (χ2n) is 8.11. The molecular weight excluding hydrogens is 368 g/mol. The van der Waals surface area contributed by atoms with Crippen molar-refractivity contribution in [2.45, 2.75) is 57.4 Å². The summed E-state index contributed by atoms with van der Waals surface area (Å²) >= 11 is 0. The van der Waals surface area contributed by atoms with Crippen LogP contribution in [0.15, 0.2) is 12.1 Å². The molecule has 162 valence electrons. The monoisotopic (exact) mass is 404 g/mol. The molecule has 0 aliphatic carbocycles. The Hall–Kier alpha value is -1.95. The number of carbonyl (C=O) groups is 1. The number of benzene rings is 1. The van der Waals surface area contributed by atoms with Crippen LogP contribution in [0.25, 0.3) is 0 Å². The fourth-order valence-electron chi connectivity index (χ4n) is 4.63. The molecule has 2 aliphatic rings. The molecule has 0 radical (unpaired) electrons. The van der Waals surface area contributed by atoms with Crippen molar-refractivity contribution in [1.29, 1.82) is 0 Å². The van der Waals surface area contributed by atoms with Gasteiger partial charge in [-0.05, 0) is 63.7 Å². The molecule has 0 aromatic heterocycles. The van der Waals surface area contributed by atoms with Gasteiger partial charge in [-0.1, -0.05) is 12.8 Å². The van der Waals surface area contributed by atoms with Gasteiger partial charge in [-0.2, -0.15) is 0 Å². The van der Waals surface area contributed by atoms with Crippen LogP contribution < -0.4 is 14.2 Å². The van der Waals surface area contributed by atoms with E-state index in [9.17, 15) is 4.79 Å². The van der Waals surface area contributed by atoms with E-state index in [0.717, 1.165) is 32.4 Å². The third-order valence-electron chi connectivity index (χ3n) is 6.28. The molecule has 3 rings (SSSR count). The van der Waals surface area contributed by atoms with Crippen LogP contribution in [0.3, 0.4) is 0 Å². The highest BCUT2D eigenvalue weighted by Gasteiger charge is 2.29. The van der Waals surface area contributed by atoms with Crippen LogP contribution in [-0.4, -0.2) is 69.3 Å². The molecule has 2 saturated heterocycles. The van der Waals surface area contributed by atoms with Crippen LogP contribution in [0, 0.1) is 0 Å². The molecule has 29 heavy (non-hydrogen) atoms. The zero-order chi connectivity index (χ0) is 20.6. The van der Waals surface area contributed by atoms with Crippen LogP contribution in [0.2, 0.25) is 0 Å². The van der Waals surface area contributed by atoms with Gasteiger partial charge in [-0.3, -0.25) is 4.79 Å². The average molecular weight is 405 g/mol. The molecule has 0 unspecified atom stereocenters. The van der Waals surface area contributed by atoms with Gasteiger partial charge >= 0.3 is 0 Å². The number of methoxy groups -OCH3 is 3. The summed E-state index contributed by atoms with van der Waals surface area (Å²) in [6.07, 6.45) is 9.72. The van der Waals surface area contributed by atoms with Gasteiger partial charge in [0.15, 0.2) is 11.5 Å². The van der Waals surface area contributed by atoms with E-state index in [-0.39, 0.29) is 5.91 Å². The van der Waals surface area contributed by atoms with Gasteiger partial charge in [0.05, 0.1) is 21.3 Å². The summed E-state index contributed by atoms with van der Waals surface area (Å²) in [7, 11) is 4.73. The summed E-state index contributed by atoms with van der Waals surface area (Å²) < 4.78 is 16.3. The lowest BCUT2D eigenvalue weighted by molar-refractivity contribution is 0.0583. The normalized spacial score (nSPS) is 20.8. The first-order chi connectivity index (χ1) is 14.2. The maximum Gasteiger partial charge on any atom is 0.254 e. The summed E-state index contributed by atoms with van der Waals surface area (Å²) in [5, 5.41) is 0. The lowest BCUT2D eigenvalue weighted by Crippen LogP contribution is -2.45. The molecule has 6 nitrogen and oxygen atoms in total. The van der Waals surface area contributed by atoms with Crippen LogP contribution in [0.4, 0.5) is 0 Å². The van der Waals surface area contributed by atoms with E-state index in [4.69, 9.17) is 14.2 Å². The Morgan fingerprint density at radius 3 is 2.10 bits per heavy atom. The van der Waals surface area contributed by atoms with Gasteiger partial charge in [0.1, 0.15) is 0 Å². The summed E-state index contributed by atoms with van der Waals surface area (Å²) in [5.74, 6) is 1.62. The third-order valence-corrected chi connectivity index (χ3v) is 6.28. The van der Waals surface area contributed by atoms with Gasteiger partial charge in [-0.15, -0.1) is 0 Å². The lowest BCUT2D eigenvalue weighted by atomic mass is 9.97. The van der Waals surface area contributed by atoms with Crippen LogP contribution in [0.5, 0.6) is 17.2 Å². The van der Waals surface area contributed by atoms with Gasteiger partial charge in [-0.25, -0.2) is 0 Å². The molecule has 0 N–H and O–H groups in total. The Morgan fingerprint density at radius 2 is 1.52 bits per heavy atom. The highest BCUT2D eigenvalue weighted by molar-refractivity contribution is 5.96. The van der Waals surface area contributed by atoms with Crippen LogP contribution >= 0.6 is 0 Å². The van der Waals surface area contributed by atoms with E-state index in [1.165, 1.54) is 45.2 Å². The number of piperidine rings is 1. The fourth-order valence-corrected chi connectivity index (χ4v) is 4.63. The summed E-state index contributed by atoms with van der Waals surface area (Å²) in [6.45, 7) is 4.31. The number of amides is 1. The van der Waals surface area contributed by atoms with Gasteiger partial charge in [0, 0.05) is 24.7 Å². The first kappa shape index (κ1) is 21.8. The maximum absolute atomic E-state index is 13.4. The standard InChI is InChI=1S/C23H36N2O4/c1-27-20-16-18(17-21(28-2)22(20)29-3)23(26)25-14-9-6-10-19(25)11-15-24-12-7-4-5-8-13-24/h16-17,19H,4-15H2,1-3H3/t19-/m1/s1. The van der Waals surface area contributed by atoms with Crippen molar-refractivity contribution in [2.24, 2.45) is 0 Å². The number of nitrogens with zero attached hydrogens (tertiary/aromatic N) is 2. The Balaban J connectivity index is 1.73. The Bertz CT molecular complexity index is 646. The van der Waals surface area contributed by atoms with Crippen molar-refractivity contribution in [3.63, 3.8) is 0 Å². The zero-order valence-electron chi connectivity index (χ0n) is 18.2. The Labute approximate surface area is 175 Å². The second kappa shape index (κ2) is 10.7. The molecule has 1 atom stereocenters. The Morgan fingerprint density at radius 1 is 0.897 bits per heavy atom. The van der Waals surface area contributed by atoms with E-state index >= 15 is 0 Å². The van der Waals surface area contributed by atoms with E-state index in [1.54, 1.807) is 33.5 Å². The molecule has 1 aromatic rings. The predicted molar refractivity (Wildman–Crippen MR) is 114 cm³/mol. The largest absolute Gasteiger partial charge is 0.493 e. The number of ether oxygens (including phenoxy) is 3. The molecular formula is C23H36N2O4. The molecule has 0 spiro atoms. The second-order valence-corrected chi connectivity index (χ2v) is 8.11. The third kappa shape index (κ3) is 5.35. The minimum absolute atomic E-state index is 0.0600. The quantitative estimate of drug-likeness (QED) is 0.688. The molecule has 1 aromatic carbocycles. The summed E-state index contributed by atoms with van der Waals surface area (Å²) in [4.78, 5) is 18.1. The minimum Gasteiger partial charge on any atom is -0.493 e. The van der Waals surface area contributed by atoms with Gasteiger partial charge in [0.2, 0.25) is 5.75 Å². The molecule has 2 aliphatic heterocycles. The molecule has 2 fully saturated rings. The van der Waals surface area contributed by atoms with Crippen molar-refractivity contribution in [2.75, 3.05) is 47.5 Å². The zero-order valence-corrected chi connectivity index (χ0v) is 18.2. The van der Waals surface area contributed by atoms with E-state index in [0.29, 0.717) is 28.9 Å². The molecule has 2 heterocycles. The topological polar surface area (TPSA) is 51.2 Å². The summed E-state index contributed by atoms with van der Waals surface area (Å²) in [5.41, 5.74) is 0.598. The molecule has 1 amide bonds. The summed E-state index contributed by atoms with van der Waals surface area (Å²) in [6, 6.07) is 3.84. The lowest BCUT2D eigenvalue weighted by Gasteiger charge is -2.37. The number of hydrogen-bond acceptors (Lipinski definition) is 5. The first-order valence-electron chi connectivity index (χ1n) is 11.0. The number of rotatable bonds is 7. The van der Waals surface area contributed by atoms with Gasteiger partial charge < -0.3 is 24.0 Å². The van der Waals surface area contributed by atoms with Crippen molar-refractivity contribution in [1.82, 2.24) is 9.80 Å². The minimum atomic E-state index is 0.0600. The molecule has 6 heteroatoms. The molecule has 0 bridgehead atoms. The molecule has 0 saturated carbocycles. The SMILES string of the molecule is COc1cc(C(=O)N2CCCC[C@@H]2CCN2CCCCCC2)cc(OC)c1OC.